The lowest BCUT2D eigenvalue weighted by Gasteiger charge is -2.35. The fourth-order valence-electron chi connectivity index (χ4n) is 3.00. The topological polar surface area (TPSA) is 48.4 Å². The molecule has 1 aliphatic carbocycles. The predicted molar refractivity (Wildman–Crippen MR) is 72.1 cm³/mol. The summed E-state index contributed by atoms with van der Waals surface area (Å²) in [5.74, 6) is 2.25. The number of nitrogens with two attached hydrogens (primary N) is 1. The molecular weight excluding hydrogens is 226 g/mol. The van der Waals surface area contributed by atoms with Gasteiger partial charge in [0.2, 0.25) is 0 Å². The van der Waals surface area contributed by atoms with Crippen molar-refractivity contribution in [3.05, 3.63) is 24.2 Å². The third-order valence-corrected chi connectivity index (χ3v) is 4.06. The minimum absolute atomic E-state index is 0.311. The third kappa shape index (κ3) is 3.59. The van der Waals surface area contributed by atoms with Crippen molar-refractivity contribution in [1.29, 1.82) is 0 Å². The highest BCUT2D eigenvalue weighted by Crippen LogP contribution is 2.33. The summed E-state index contributed by atoms with van der Waals surface area (Å²) in [6, 6.07) is 3.86. The summed E-state index contributed by atoms with van der Waals surface area (Å²) in [5.41, 5.74) is 5.86. The van der Waals surface area contributed by atoms with Crippen molar-refractivity contribution in [3.63, 3.8) is 0 Å². The zero-order chi connectivity index (χ0) is 12.8. The number of rotatable bonds is 6. The first-order valence-electron chi connectivity index (χ1n) is 7.17. The Kier molecular flexibility index (Phi) is 5.26. The SMILES string of the molecule is CCCC1CCC(CN)C(OCc2ccco2)C1. The van der Waals surface area contributed by atoms with Gasteiger partial charge < -0.3 is 14.9 Å². The maximum atomic E-state index is 6.03. The Bertz CT molecular complexity index is 323. The van der Waals surface area contributed by atoms with Gasteiger partial charge in [-0.05, 0) is 49.8 Å². The lowest BCUT2D eigenvalue weighted by atomic mass is 9.78. The van der Waals surface area contributed by atoms with E-state index >= 15 is 0 Å². The first-order chi connectivity index (χ1) is 8.83. The summed E-state index contributed by atoms with van der Waals surface area (Å²) in [7, 11) is 0. The monoisotopic (exact) mass is 251 g/mol. The molecule has 0 radical (unpaired) electrons. The molecule has 18 heavy (non-hydrogen) atoms. The third-order valence-electron chi connectivity index (χ3n) is 4.06. The van der Waals surface area contributed by atoms with Crippen LogP contribution in [0.15, 0.2) is 22.8 Å². The van der Waals surface area contributed by atoms with Crippen LogP contribution in [0.25, 0.3) is 0 Å². The van der Waals surface area contributed by atoms with Crippen LogP contribution in [-0.2, 0) is 11.3 Å². The van der Waals surface area contributed by atoms with Crippen LogP contribution in [0.1, 0.15) is 44.8 Å². The molecule has 3 nitrogen and oxygen atoms in total. The van der Waals surface area contributed by atoms with E-state index in [1.165, 1.54) is 25.7 Å². The Morgan fingerprint density at radius 3 is 3.00 bits per heavy atom. The molecule has 1 saturated carbocycles. The average molecular weight is 251 g/mol. The van der Waals surface area contributed by atoms with Crippen molar-refractivity contribution in [3.8, 4) is 0 Å². The molecule has 0 aromatic carbocycles. The van der Waals surface area contributed by atoms with Gasteiger partial charge in [-0.25, -0.2) is 0 Å². The highest BCUT2D eigenvalue weighted by molar-refractivity contribution is 4.96. The molecule has 1 aliphatic rings. The zero-order valence-electron chi connectivity index (χ0n) is 11.3. The number of hydrogen-bond donors (Lipinski definition) is 1. The smallest absolute Gasteiger partial charge is 0.129 e. The molecule has 1 aromatic heterocycles. The molecule has 2 N–H and O–H groups in total. The van der Waals surface area contributed by atoms with Gasteiger partial charge in [-0.1, -0.05) is 19.8 Å². The van der Waals surface area contributed by atoms with E-state index in [0.29, 0.717) is 18.6 Å². The first-order valence-corrected chi connectivity index (χ1v) is 7.17. The van der Waals surface area contributed by atoms with E-state index < -0.39 is 0 Å². The van der Waals surface area contributed by atoms with Crippen molar-refractivity contribution in [2.45, 2.75) is 51.7 Å². The van der Waals surface area contributed by atoms with E-state index in [4.69, 9.17) is 14.9 Å². The molecule has 3 atom stereocenters. The van der Waals surface area contributed by atoms with Crippen molar-refractivity contribution < 1.29 is 9.15 Å². The van der Waals surface area contributed by atoms with Gasteiger partial charge in [0, 0.05) is 0 Å². The lowest BCUT2D eigenvalue weighted by Crippen LogP contribution is -2.36. The normalized spacial score (nSPS) is 28.4. The van der Waals surface area contributed by atoms with Gasteiger partial charge in [-0.2, -0.15) is 0 Å². The number of furan rings is 1. The Morgan fingerprint density at radius 1 is 1.44 bits per heavy atom. The Balaban J connectivity index is 1.85. The number of hydrogen-bond acceptors (Lipinski definition) is 3. The van der Waals surface area contributed by atoms with Gasteiger partial charge in [0.15, 0.2) is 0 Å². The van der Waals surface area contributed by atoms with Crippen molar-refractivity contribution in [1.82, 2.24) is 0 Å². The second-order valence-corrected chi connectivity index (χ2v) is 5.39. The van der Waals surface area contributed by atoms with Gasteiger partial charge in [-0.3, -0.25) is 0 Å². The van der Waals surface area contributed by atoms with Gasteiger partial charge in [0.1, 0.15) is 12.4 Å². The summed E-state index contributed by atoms with van der Waals surface area (Å²) in [6.45, 7) is 3.57. The molecular formula is C15H25NO2. The average Bonchev–Trinajstić information content (AvgIpc) is 2.90. The molecule has 0 amide bonds. The molecule has 3 heteroatoms. The zero-order valence-corrected chi connectivity index (χ0v) is 11.3. The van der Waals surface area contributed by atoms with E-state index in [1.54, 1.807) is 6.26 Å². The van der Waals surface area contributed by atoms with Crippen molar-refractivity contribution in [2.24, 2.45) is 17.6 Å². The summed E-state index contributed by atoms with van der Waals surface area (Å²) in [6.07, 6.45) is 8.28. The second-order valence-electron chi connectivity index (χ2n) is 5.39. The van der Waals surface area contributed by atoms with Crippen LogP contribution in [-0.4, -0.2) is 12.6 Å². The maximum absolute atomic E-state index is 6.03. The molecule has 102 valence electrons. The molecule has 0 aliphatic heterocycles. The van der Waals surface area contributed by atoms with E-state index in [0.717, 1.165) is 24.6 Å². The number of ether oxygens (including phenoxy) is 1. The lowest BCUT2D eigenvalue weighted by molar-refractivity contribution is -0.0395. The summed E-state index contributed by atoms with van der Waals surface area (Å²) < 4.78 is 11.3. The van der Waals surface area contributed by atoms with Crippen LogP contribution in [0.3, 0.4) is 0 Å². The van der Waals surface area contributed by atoms with Crippen LogP contribution < -0.4 is 5.73 Å². The van der Waals surface area contributed by atoms with Crippen molar-refractivity contribution >= 4 is 0 Å². The Hall–Kier alpha value is -0.800. The Labute approximate surface area is 110 Å². The van der Waals surface area contributed by atoms with Gasteiger partial charge in [0.25, 0.3) is 0 Å². The van der Waals surface area contributed by atoms with E-state index in [9.17, 15) is 0 Å². The molecule has 0 bridgehead atoms. The molecule has 0 saturated heterocycles. The van der Waals surface area contributed by atoms with Crippen LogP contribution in [0.2, 0.25) is 0 Å². The molecule has 3 unspecified atom stereocenters. The quantitative estimate of drug-likeness (QED) is 0.843. The van der Waals surface area contributed by atoms with Crippen LogP contribution in [0, 0.1) is 11.8 Å². The summed E-state index contributed by atoms with van der Waals surface area (Å²) in [5, 5.41) is 0. The Morgan fingerprint density at radius 2 is 2.33 bits per heavy atom. The minimum Gasteiger partial charge on any atom is -0.467 e. The minimum atomic E-state index is 0.311. The second kappa shape index (κ2) is 6.95. The largest absolute Gasteiger partial charge is 0.467 e. The standard InChI is InChI=1S/C15H25NO2/c1-2-4-12-6-7-13(10-16)15(9-12)18-11-14-5-3-8-17-14/h3,5,8,12-13,15H,2,4,6-7,9-11,16H2,1H3. The van der Waals surface area contributed by atoms with E-state index in [1.807, 2.05) is 12.1 Å². The fourth-order valence-corrected chi connectivity index (χ4v) is 3.00. The first kappa shape index (κ1) is 13.6. The molecule has 1 heterocycles. The van der Waals surface area contributed by atoms with E-state index in [2.05, 4.69) is 6.92 Å². The molecule has 2 rings (SSSR count). The van der Waals surface area contributed by atoms with Crippen molar-refractivity contribution in [2.75, 3.05) is 6.54 Å². The summed E-state index contributed by atoms with van der Waals surface area (Å²) in [4.78, 5) is 0. The fraction of sp³-hybridized carbons (Fsp3) is 0.733. The highest BCUT2D eigenvalue weighted by Gasteiger charge is 2.30. The maximum Gasteiger partial charge on any atom is 0.129 e. The van der Waals surface area contributed by atoms with Gasteiger partial charge in [-0.15, -0.1) is 0 Å². The molecule has 1 aromatic rings. The highest BCUT2D eigenvalue weighted by atomic mass is 16.5. The van der Waals surface area contributed by atoms with E-state index in [-0.39, 0.29) is 0 Å². The molecule has 0 spiro atoms. The van der Waals surface area contributed by atoms with Gasteiger partial charge >= 0.3 is 0 Å². The molecule has 1 fully saturated rings. The van der Waals surface area contributed by atoms with Gasteiger partial charge in [0.05, 0.1) is 12.4 Å². The summed E-state index contributed by atoms with van der Waals surface area (Å²) >= 11 is 0. The van der Waals surface area contributed by atoms with Crippen LogP contribution in [0.4, 0.5) is 0 Å². The van der Waals surface area contributed by atoms with Crippen LogP contribution >= 0.6 is 0 Å². The predicted octanol–water partition coefficient (Wildman–Crippen LogP) is 3.34. The van der Waals surface area contributed by atoms with Crippen LogP contribution in [0.5, 0.6) is 0 Å².